The number of aromatic nitrogens is 4. The van der Waals surface area contributed by atoms with Crippen LogP contribution in [0.2, 0.25) is 0 Å². The van der Waals surface area contributed by atoms with Crippen LogP contribution < -0.4 is 103 Å². The van der Waals surface area contributed by atoms with Crippen molar-refractivity contribution >= 4 is 153 Å². The predicted molar refractivity (Wildman–Crippen MR) is 448 cm³/mol. The number of nitrogens with zero attached hydrogens (tertiary/aromatic N) is 2. The number of aromatic amines is 2. The predicted octanol–water partition coefficient (Wildman–Crippen LogP) is -0.990. The van der Waals surface area contributed by atoms with Gasteiger partial charge in [-0.25, -0.2) is 9.97 Å². The van der Waals surface area contributed by atoms with Gasteiger partial charge >= 0.3 is 0 Å². The molecule has 38 heteroatoms. The number of carbonyl (C=O) groups excluding carboxylic acids is 11. The summed E-state index contributed by atoms with van der Waals surface area (Å²) in [5, 5.41) is 79.3. The summed E-state index contributed by atoms with van der Waals surface area (Å²) in [5.41, 5.74) is 29.7. The number of hydrogen-bond donors (Lipinski definition) is 25. The molecule has 3 heterocycles. The summed E-state index contributed by atoms with van der Waals surface area (Å²) in [7, 11) is 0. The fourth-order valence-corrected chi connectivity index (χ4v) is 14.9. The van der Waals surface area contributed by atoms with Crippen molar-refractivity contribution in [3.63, 3.8) is 0 Å². The number of nitrogens with one attached hydrogen (secondary N) is 20. The van der Waals surface area contributed by atoms with Crippen LogP contribution >= 0.6 is 0 Å². The van der Waals surface area contributed by atoms with E-state index in [2.05, 4.69) is 94.4 Å². The standard InChI is InChI=1S/C81H99N27O11/c82-69(111)54(11-3-29-93-78(83)84)102-72(114)56(13-5-31-95-80(87)88)104-73(115)57(14-6-32-96-81(89)90)103-71(113)55(12-4-30-94-79(85)86)100-63(109)28-27-58-74(116)106-59(33-48-21-19-46-17-15-42-7-1-9-44-23-25-52(48)67(46)65(42)44)70(112)97-39-64(110)101-61(35-50-37-91-40-98-50)76(118)107-60(75(117)108-62(77(119)105-58)36-51-38-92-41-99-51)34-49-22-20-47-18-16-43-8-2-10-45-24-26-53(49)68(47)66(43)45/h1-2,7-10,15-26,37-38,40-41,54-62H,3-6,11-14,27-36,39H2,(H2,82,111)(H,91,98)(H,92,99)(H,97,112)(H,100,109)(H,101,110)(H,102,114)(H,103,113)(H,104,115)(H,105,119)(H,106,116)(H,107,118)(H,108,117)(H4,83,84,93)(H4,85,86,94)(H4,87,88,95)(H4,89,90,96)/t54-,55-,56-,57-,58-,59-,60-,61-,62-/m0/s1. The SMILES string of the molecule is N=C(N)NCCC[C@H](NC(=O)[C@H](CCCNC(=N)N)NC(=O)[C@H](CCCNC(=N)N)NC(=O)[C@H](CCCNC(=N)N)NC(=O)CC[C@@H]1NC(=O)[C@H](Cc2c[nH]cn2)NC(=O)[C@H](Cc2ccc3ccc4cccc5ccc2c3c45)NC(=O)[C@H](Cc2c[nH]cn2)NC(=O)CNC(=O)[C@H](Cc2ccc3ccc4cccc5ccc2c3c45)NC1=O)C(N)=O. The monoisotopic (exact) mass is 1630 g/mol. The van der Waals surface area contributed by atoms with Gasteiger partial charge in [-0.15, -0.1) is 0 Å². The average molecular weight is 1630 g/mol. The third-order valence-electron chi connectivity index (χ3n) is 20.8. The second-order valence-electron chi connectivity index (χ2n) is 29.4. The topological polar surface area (TPSA) is 639 Å². The molecule has 1 fully saturated rings. The summed E-state index contributed by atoms with van der Waals surface area (Å²) in [6.45, 7) is -0.513. The molecule has 38 nitrogen and oxygen atoms in total. The van der Waals surface area contributed by atoms with Crippen LogP contribution in [0.3, 0.4) is 0 Å². The summed E-state index contributed by atoms with van der Waals surface area (Å²) >= 11 is 0. The van der Waals surface area contributed by atoms with Crippen molar-refractivity contribution in [3.05, 3.63) is 157 Å². The van der Waals surface area contributed by atoms with E-state index in [1.807, 2.05) is 109 Å². The first-order valence-corrected chi connectivity index (χ1v) is 39.1. The minimum Gasteiger partial charge on any atom is -0.370 e. The Morgan fingerprint density at radius 1 is 0.395 bits per heavy atom. The number of primary amides is 1. The number of guanidine groups is 4. The molecule has 1 saturated heterocycles. The molecule has 11 amide bonds. The first-order valence-electron chi connectivity index (χ1n) is 39.1. The Labute approximate surface area is 681 Å². The molecular weight excluding hydrogens is 1530 g/mol. The van der Waals surface area contributed by atoms with E-state index in [1.54, 1.807) is 0 Å². The lowest BCUT2D eigenvalue weighted by atomic mass is 9.90. The van der Waals surface area contributed by atoms with Gasteiger partial charge in [0.1, 0.15) is 54.4 Å². The van der Waals surface area contributed by atoms with Gasteiger partial charge < -0.3 is 113 Å². The Balaban J connectivity index is 0.920. The van der Waals surface area contributed by atoms with Crippen LogP contribution in [0.4, 0.5) is 0 Å². The van der Waals surface area contributed by atoms with Gasteiger partial charge in [-0.2, -0.15) is 0 Å². The molecule has 9 atom stereocenters. The van der Waals surface area contributed by atoms with E-state index in [0.29, 0.717) is 16.8 Å². The third kappa shape index (κ3) is 23.0. The Morgan fingerprint density at radius 3 is 1.13 bits per heavy atom. The molecule has 119 heavy (non-hydrogen) atoms. The Morgan fingerprint density at radius 2 is 0.731 bits per heavy atom. The van der Waals surface area contributed by atoms with E-state index < -0.39 is 151 Å². The van der Waals surface area contributed by atoms with Crippen LogP contribution in [-0.2, 0) is 78.4 Å². The van der Waals surface area contributed by atoms with E-state index in [1.165, 1.54) is 25.0 Å². The number of nitrogens with two attached hydrogens (primary N) is 5. The minimum absolute atomic E-state index is 0.00223. The van der Waals surface area contributed by atoms with Gasteiger partial charge in [-0.05, 0) is 134 Å². The van der Waals surface area contributed by atoms with Gasteiger partial charge in [0.05, 0.1) is 30.6 Å². The average Bonchev–Trinajstić information content (AvgIpc) is 0.869. The summed E-state index contributed by atoms with van der Waals surface area (Å²) in [6.07, 6.45) is 3.53. The normalized spacial score (nSPS) is 17.4. The molecule has 10 aromatic rings. The quantitative estimate of drug-likeness (QED) is 0.00981. The number of H-pyrrole nitrogens is 2. The van der Waals surface area contributed by atoms with Gasteiger partial charge in [0.25, 0.3) is 0 Å². The molecule has 0 radical (unpaired) electrons. The molecule has 2 aromatic heterocycles. The Hall–Kier alpha value is -14.5. The highest BCUT2D eigenvalue weighted by atomic mass is 16.2. The second-order valence-corrected chi connectivity index (χ2v) is 29.4. The third-order valence-corrected chi connectivity index (χ3v) is 20.8. The van der Waals surface area contributed by atoms with Crippen molar-refractivity contribution in [2.24, 2.45) is 28.7 Å². The van der Waals surface area contributed by atoms with Crippen molar-refractivity contribution in [1.82, 2.24) is 94.4 Å². The van der Waals surface area contributed by atoms with E-state index in [-0.39, 0.29) is 121 Å². The first kappa shape index (κ1) is 85.4. The molecule has 0 saturated carbocycles. The molecule has 1 aliphatic heterocycles. The molecule has 8 aromatic carbocycles. The number of hydrogen-bond acceptors (Lipinski definition) is 17. The highest BCUT2D eigenvalue weighted by molar-refractivity contribution is 6.25. The Kier molecular flexibility index (Phi) is 28.8. The zero-order chi connectivity index (χ0) is 84.8. The minimum atomic E-state index is -1.78. The maximum atomic E-state index is 15.7. The summed E-state index contributed by atoms with van der Waals surface area (Å²) in [6, 6.07) is 21.4. The molecule has 0 aliphatic carbocycles. The maximum Gasteiger partial charge on any atom is 0.243 e. The fourth-order valence-electron chi connectivity index (χ4n) is 14.9. The molecular formula is C81H99N27O11. The number of amides is 11. The summed E-state index contributed by atoms with van der Waals surface area (Å²) < 4.78 is 0. The van der Waals surface area contributed by atoms with Crippen molar-refractivity contribution in [3.8, 4) is 0 Å². The van der Waals surface area contributed by atoms with Crippen LogP contribution in [0.1, 0.15) is 86.7 Å². The number of rotatable bonds is 35. The zero-order valence-corrected chi connectivity index (χ0v) is 65.1. The lowest BCUT2D eigenvalue weighted by Gasteiger charge is -2.28. The van der Waals surface area contributed by atoms with Crippen LogP contribution in [0, 0.1) is 21.6 Å². The summed E-state index contributed by atoms with van der Waals surface area (Å²) in [4.78, 5) is 177. The van der Waals surface area contributed by atoms with Gasteiger partial charge in [0.2, 0.25) is 65.0 Å². The van der Waals surface area contributed by atoms with E-state index in [4.69, 9.17) is 50.3 Å². The smallest absolute Gasteiger partial charge is 0.243 e. The summed E-state index contributed by atoms with van der Waals surface area (Å²) in [5.74, 6) is -11.5. The lowest BCUT2D eigenvalue weighted by molar-refractivity contribution is -0.136. The molecule has 0 bridgehead atoms. The van der Waals surface area contributed by atoms with Crippen molar-refractivity contribution < 1.29 is 52.7 Å². The largest absolute Gasteiger partial charge is 0.370 e. The highest BCUT2D eigenvalue weighted by Crippen LogP contribution is 2.38. The van der Waals surface area contributed by atoms with E-state index in [9.17, 15) is 28.8 Å². The van der Waals surface area contributed by atoms with Crippen LogP contribution in [0.15, 0.2) is 134 Å². The second kappa shape index (κ2) is 40.2. The van der Waals surface area contributed by atoms with Gasteiger partial charge in [0.15, 0.2) is 23.8 Å². The van der Waals surface area contributed by atoms with Gasteiger partial charge in [-0.3, -0.25) is 74.4 Å². The molecule has 0 unspecified atom stereocenters. The highest BCUT2D eigenvalue weighted by Gasteiger charge is 2.37. The van der Waals surface area contributed by atoms with E-state index >= 15 is 24.0 Å². The Bertz CT molecular complexity index is 5360. The number of benzene rings is 8. The van der Waals surface area contributed by atoms with Gasteiger partial charge in [0, 0.05) is 70.7 Å². The molecule has 11 rings (SSSR count). The first-order chi connectivity index (χ1) is 57.2. The zero-order valence-electron chi connectivity index (χ0n) is 65.1. The molecule has 0 spiro atoms. The molecule has 30 N–H and O–H groups in total. The van der Waals surface area contributed by atoms with Crippen LogP contribution in [-0.4, -0.2) is 196 Å². The van der Waals surface area contributed by atoms with Crippen LogP contribution in [0.25, 0.3) is 64.6 Å². The van der Waals surface area contributed by atoms with Crippen molar-refractivity contribution in [1.29, 1.82) is 21.6 Å². The van der Waals surface area contributed by atoms with Crippen LogP contribution in [0.5, 0.6) is 0 Å². The fraction of sp³-hybridized carbons (Fsp3) is 0.346. The maximum absolute atomic E-state index is 15.7. The number of imidazole rings is 2. The van der Waals surface area contributed by atoms with Gasteiger partial charge in [-0.1, -0.05) is 109 Å². The lowest BCUT2D eigenvalue weighted by Crippen LogP contribution is -2.61. The van der Waals surface area contributed by atoms with Crippen molar-refractivity contribution in [2.75, 3.05) is 32.7 Å². The van der Waals surface area contributed by atoms with E-state index in [0.717, 1.165) is 64.6 Å². The number of carbonyl (C=O) groups is 11. The molecule has 1 aliphatic rings. The van der Waals surface area contributed by atoms with Crippen molar-refractivity contribution in [2.45, 2.75) is 144 Å². The molecule has 624 valence electrons.